The van der Waals surface area contributed by atoms with Crippen LogP contribution in [-0.2, 0) is 4.79 Å². The molecule has 0 atom stereocenters. The van der Waals surface area contributed by atoms with E-state index < -0.39 is 5.97 Å². The van der Waals surface area contributed by atoms with Crippen molar-refractivity contribution in [2.45, 2.75) is 96.8 Å². The molecule has 0 aromatic heterocycles. The second kappa shape index (κ2) is 10.2. The van der Waals surface area contributed by atoms with Crippen LogP contribution in [0.4, 0.5) is 0 Å². The van der Waals surface area contributed by atoms with Crippen LogP contribution in [0, 0.1) is 17.8 Å². The first-order valence-corrected chi connectivity index (χ1v) is 10.1. The van der Waals surface area contributed by atoms with Gasteiger partial charge in [-0.15, -0.1) is 0 Å². The summed E-state index contributed by atoms with van der Waals surface area (Å²) in [5.74, 6) is 2.17. The Morgan fingerprint density at radius 2 is 1.48 bits per heavy atom. The quantitative estimate of drug-likeness (QED) is 0.417. The van der Waals surface area contributed by atoms with Crippen LogP contribution in [0.2, 0.25) is 0 Å². The second-order valence-electron chi connectivity index (χ2n) is 7.94. The van der Waals surface area contributed by atoms with Crippen molar-refractivity contribution in [3.8, 4) is 0 Å². The summed E-state index contributed by atoms with van der Waals surface area (Å²) < 4.78 is 0. The maximum atomic E-state index is 10.8. The van der Waals surface area contributed by atoms with Crippen LogP contribution >= 0.6 is 0 Å². The van der Waals surface area contributed by atoms with Crippen LogP contribution in [0.15, 0.2) is 11.6 Å². The number of unbranched alkanes of at least 4 members (excludes halogenated alkanes) is 2. The summed E-state index contributed by atoms with van der Waals surface area (Å²) in [6.07, 6.45) is 21.2. The van der Waals surface area contributed by atoms with Crippen LogP contribution in [0.5, 0.6) is 0 Å². The number of carboxylic acid groups (broad SMARTS) is 1. The Morgan fingerprint density at radius 1 is 0.957 bits per heavy atom. The number of allylic oxidation sites excluding steroid dienone is 1. The Balaban J connectivity index is 1.79. The fourth-order valence-corrected chi connectivity index (χ4v) is 4.91. The van der Waals surface area contributed by atoms with Crippen molar-refractivity contribution in [3.05, 3.63) is 11.6 Å². The molecule has 0 aromatic carbocycles. The van der Waals surface area contributed by atoms with Crippen molar-refractivity contribution in [3.63, 3.8) is 0 Å². The predicted octanol–water partition coefficient (Wildman–Crippen LogP) is 6.35. The van der Waals surface area contributed by atoms with Crippen molar-refractivity contribution in [1.82, 2.24) is 0 Å². The third-order valence-corrected chi connectivity index (χ3v) is 6.29. The lowest BCUT2D eigenvalue weighted by atomic mass is 9.68. The van der Waals surface area contributed by atoms with Crippen molar-refractivity contribution in [2.24, 2.45) is 17.8 Å². The molecule has 23 heavy (non-hydrogen) atoms. The Hall–Kier alpha value is -0.790. The maximum Gasteiger partial charge on any atom is 0.330 e. The highest BCUT2D eigenvalue weighted by molar-refractivity contribution is 5.85. The summed E-state index contributed by atoms with van der Waals surface area (Å²) in [7, 11) is 0. The Morgan fingerprint density at radius 3 is 1.96 bits per heavy atom. The van der Waals surface area contributed by atoms with E-state index in [9.17, 15) is 4.79 Å². The van der Waals surface area contributed by atoms with Gasteiger partial charge in [0.1, 0.15) is 0 Å². The van der Waals surface area contributed by atoms with E-state index in [2.05, 4.69) is 0 Å². The van der Waals surface area contributed by atoms with Crippen LogP contribution in [-0.4, -0.2) is 11.1 Å². The molecule has 0 radical (unpaired) electrons. The number of rotatable bonds is 8. The van der Waals surface area contributed by atoms with Gasteiger partial charge in [-0.25, -0.2) is 4.79 Å². The highest BCUT2D eigenvalue weighted by Gasteiger charge is 2.30. The number of hydrogen-bond donors (Lipinski definition) is 1. The molecule has 2 aliphatic carbocycles. The smallest absolute Gasteiger partial charge is 0.330 e. The van der Waals surface area contributed by atoms with Gasteiger partial charge in [-0.1, -0.05) is 76.7 Å². The molecule has 0 aromatic rings. The minimum atomic E-state index is -0.771. The molecule has 1 N–H and O–H groups in total. The number of aliphatic carboxylic acids is 1. The van der Waals surface area contributed by atoms with Gasteiger partial charge < -0.3 is 5.11 Å². The summed E-state index contributed by atoms with van der Waals surface area (Å²) in [6, 6.07) is 0. The van der Waals surface area contributed by atoms with Crippen molar-refractivity contribution < 1.29 is 9.90 Å². The molecule has 0 saturated heterocycles. The summed E-state index contributed by atoms with van der Waals surface area (Å²) in [4.78, 5) is 10.8. The van der Waals surface area contributed by atoms with E-state index in [1.54, 1.807) is 6.92 Å². The van der Waals surface area contributed by atoms with Gasteiger partial charge in [-0.2, -0.15) is 0 Å². The van der Waals surface area contributed by atoms with Gasteiger partial charge in [0.2, 0.25) is 0 Å². The molecule has 0 amide bonds. The van der Waals surface area contributed by atoms with Gasteiger partial charge >= 0.3 is 5.97 Å². The molecular formula is C21H36O2. The number of carbonyl (C=O) groups is 1. The Bertz CT molecular complexity index is 355. The lowest BCUT2D eigenvalue weighted by Crippen LogP contribution is -2.27. The van der Waals surface area contributed by atoms with E-state index in [4.69, 9.17) is 5.11 Å². The molecule has 0 aliphatic heterocycles. The van der Waals surface area contributed by atoms with Gasteiger partial charge in [0.05, 0.1) is 0 Å². The first-order valence-electron chi connectivity index (χ1n) is 10.1. The first kappa shape index (κ1) is 18.5. The molecule has 0 bridgehead atoms. The molecule has 2 saturated carbocycles. The van der Waals surface area contributed by atoms with E-state index in [-0.39, 0.29) is 0 Å². The molecule has 0 spiro atoms. The van der Waals surface area contributed by atoms with Crippen LogP contribution in [0.3, 0.4) is 0 Å². The van der Waals surface area contributed by atoms with E-state index >= 15 is 0 Å². The maximum absolute atomic E-state index is 10.8. The molecule has 132 valence electrons. The molecule has 2 aliphatic rings. The van der Waals surface area contributed by atoms with Gasteiger partial charge in [-0.05, 0) is 43.9 Å². The highest BCUT2D eigenvalue weighted by Crippen LogP contribution is 2.42. The zero-order valence-corrected chi connectivity index (χ0v) is 15.1. The van der Waals surface area contributed by atoms with Gasteiger partial charge in [0.15, 0.2) is 0 Å². The minimum Gasteiger partial charge on any atom is -0.478 e. The molecule has 0 heterocycles. The zero-order valence-electron chi connectivity index (χ0n) is 15.1. The SMILES string of the molecule is CC(=CCCCCC(C1CCCCC1)C1CCCCC1)C(=O)O. The zero-order chi connectivity index (χ0) is 16.5. The summed E-state index contributed by atoms with van der Waals surface area (Å²) >= 11 is 0. The number of carboxylic acids is 1. The van der Waals surface area contributed by atoms with E-state index in [1.165, 1.54) is 77.0 Å². The van der Waals surface area contributed by atoms with E-state index in [1.807, 2.05) is 6.08 Å². The molecule has 2 heteroatoms. The van der Waals surface area contributed by atoms with E-state index in [0.717, 1.165) is 30.6 Å². The molecule has 2 nitrogen and oxygen atoms in total. The normalized spacial score (nSPS) is 21.7. The molecule has 2 fully saturated rings. The fraction of sp³-hybridized carbons (Fsp3) is 0.857. The summed E-state index contributed by atoms with van der Waals surface area (Å²) in [5, 5.41) is 8.90. The van der Waals surface area contributed by atoms with Gasteiger partial charge in [-0.3, -0.25) is 0 Å². The Labute approximate surface area is 142 Å². The lowest BCUT2D eigenvalue weighted by Gasteiger charge is -2.38. The van der Waals surface area contributed by atoms with Crippen molar-refractivity contribution in [1.29, 1.82) is 0 Å². The molecular weight excluding hydrogens is 284 g/mol. The second-order valence-corrected chi connectivity index (χ2v) is 7.94. The largest absolute Gasteiger partial charge is 0.478 e. The van der Waals surface area contributed by atoms with E-state index in [0.29, 0.717) is 5.57 Å². The highest BCUT2D eigenvalue weighted by atomic mass is 16.4. The summed E-state index contributed by atoms with van der Waals surface area (Å²) in [6.45, 7) is 1.70. The predicted molar refractivity (Wildman–Crippen MR) is 96.5 cm³/mol. The third-order valence-electron chi connectivity index (χ3n) is 6.29. The molecule has 2 rings (SSSR count). The minimum absolute atomic E-state index is 0.501. The Kier molecular flexibility index (Phi) is 8.19. The monoisotopic (exact) mass is 320 g/mol. The van der Waals surface area contributed by atoms with Crippen LogP contribution < -0.4 is 0 Å². The fourth-order valence-electron chi connectivity index (χ4n) is 4.91. The van der Waals surface area contributed by atoms with Gasteiger partial charge in [0.25, 0.3) is 0 Å². The standard InChI is InChI=1S/C21H36O2/c1-17(21(22)23)11-5-2-10-16-20(18-12-6-3-7-13-18)19-14-8-4-9-15-19/h11,18-20H,2-10,12-16H2,1H3,(H,22,23). The average Bonchev–Trinajstić information content (AvgIpc) is 2.59. The molecule has 0 unspecified atom stereocenters. The van der Waals surface area contributed by atoms with Crippen molar-refractivity contribution >= 4 is 5.97 Å². The van der Waals surface area contributed by atoms with Gasteiger partial charge in [0, 0.05) is 5.57 Å². The first-order chi connectivity index (χ1) is 11.2. The topological polar surface area (TPSA) is 37.3 Å². The van der Waals surface area contributed by atoms with Crippen LogP contribution in [0.25, 0.3) is 0 Å². The van der Waals surface area contributed by atoms with Crippen LogP contribution in [0.1, 0.15) is 96.8 Å². The average molecular weight is 321 g/mol. The van der Waals surface area contributed by atoms with Crippen molar-refractivity contribution in [2.75, 3.05) is 0 Å². The number of hydrogen-bond acceptors (Lipinski definition) is 1. The lowest BCUT2D eigenvalue weighted by molar-refractivity contribution is -0.132. The third kappa shape index (κ3) is 6.31. The summed E-state index contributed by atoms with van der Waals surface area (Å²) in [5.41, 5.74) is 0.501.